The van der Waals surface area contributed by atoms with E-state index in [1.807, 2.05) is 6.92 Å². The van der Waals surface area contributed by atoms with Crippen LogP contribution >= 0.6 is 0 Å². The number of benzene rings is 1. The van der Waals surface area contributed by atoms with Gasteiger partial charge in [0.05, 0.1) is 19.8 Å². The summed E-state index contributed by atoms with van der Waals surface area (Å²) < 4.78 is 34.8. The van der Waals surface area contributed by atoms with Crippen molar-refractivity contribution in [1.29, 1.82) is 0 Å². The first-order valence-electron chi connectivity index (χ1n) is 9.65. The predicted octanol–water partition coefficient (Wildman–Crippen LogP) is 2.28. The monoisotopic (exact) mass is 437 g/mol. The van der Waals surface area contributed by atoms with Gasteiger partial charge < -0.3 is 25.2 Å². The van der Waals surface area contributed by atoms with Crippen LogP contribution in [0.3, 0.4) is 0 Å². The van der Waals surface area contributed by atoms with E-state index < -0.39 is 23.6 Å². The quantitative estimate of drug-likeness (QED) is 0.640. The maximum atomic E-state index is 12.5. The molecule has 3 N–H and O–H groups in total. The molecule has 1 aromatic carbocycles. The summed E-state index contributed by atoms with van der Waals surface area (Å²) in [5.41, 5.74) is 0.675. The van der Waals surface area contributed by atoms with Gasteiger partial charge in [-0.25, -0.2) is 4.39 Å². The van der Waals surface area contributed by atoms with E-state index in [1.165, 1.54) is 31.5 Å². The SMILES string of the molecule is CC1CCC(C(=O)Nc2ccnc(C(=O)NCCO)c2)O1.COc1cccc(F)c1F. The number of aliphatic hydroxyl groups is 1. The number of carbonyl (C=O) groups excluding carboxylic acids is 2. The van der Waals surface area contributed by atoms with Crippen LogP contribution in [-0.2, 0) is 9.53 Å². The highest BCUT2D eigenvalue weighted by Crippen LogP contribution is 2.21. The molecule has 0 spiro atoms. The standard InChI is InChI=1S/C14H19N3O4.C7H6F2O/c1-9-2-3-12(21-9)14(20)17-10-4-5-15-11(8-10)13(19)16-6-7-18;1-10-6-4-2-3-5(8)7(6)9/h4-5,8-9,12,18H,2-3,6-7H2,1H3,(H,16,19)(H,15,17,20);2-4H,1H3. The summed E-state index contributed by atoms with van der Waals surface area (Å²) in [4.78, 5) is 27.7. The van der Waals surface area contributed by atoms with Crippen LogP contribution in [0.15, 0.2) is 36.5 Å². The number of rotatable bonds is 6. The average molecular weight is 437 g/mol. The highest BCUT2D eigenvalue weighted by molar-refractivity contribution is 5.97. The third-order valence-electron chi connectivity index (χ3n) is 4.32. The van der Waals surface area contributed by atoms with Crippen molar-refractivity contribution in [3.63, 3.8) is 0 Å². The number of hydrogen-bond donors (Lipinski definition) is 3. The summed E-state index contributed by atoms with van der Waals surface area (Å²) in [5, 5.41) is 13.9. The van der Waals surface area contributed by atoms with Gasteiger partial charge in [0.15, 0.2) is 11.6 Å². The Hall–Kier alpha value is -3.11. The number of halogens is 2. The zero-order chi connectivity index (χ0) is 22.8. The molecule has 1 aliphatic heterocycles. The van der Waals surface area contributed by atoms with Crippen molar-refractivity contribution < 1.29 is 33.0 Å². The first kappa shape index (κ1) is 24.2. The summed E-state index contributed by atoms with van der Waals surface area (Å²) in [6, 6.07) is 6.88. The minimum Gasteiger partial charge on any atom is -0.494 e. The molecule has 0 saturated carbocycles. The van der Waals surface area contributed by atoms with Crippen LogP contribution in [0.1, 0.15) is 30.3 Å². The van der Waals surface area contributed by atoms with Gasteiger partial charge in [0, 0.05) is 18.4 Å². The number of anilines is 1. The van der Waals surface area contributed by atoms with E-state index in [4.69, 9.17) is 9.84 Å². The molecule has 1 fully saturated rings. The van der Waals surface area contributed by atoms with Crippen molar-refractivity contribution >= 4 is 17.5 Å². The van der Waals surface area contributed by atoms with Crippen molar-refractivity contribution in [3.8, 4) is 5.75 Å². The number of ether oxygens (including phenoxy) is 2. The Morgan fingerprint density at radius 2 is 2.06 bits per heavy atom. The average Bonchev–Trinajstić information content (AvgIpc) is 3.21. The van der Waals surface area contributed by atoms with Crippen LogP contribution in [0.25, 0.3) is 0 Å². The normalized spacial score (nSPS) is 17.3. The summed E-state index contributed by atoms with van der Waals surface area (Å²) in [6.07, 6.45) is 2.66. The van der Waals surface area contributed by atoms with Crippen molar-refractivity contribution in [1.82, 2.24) is 10.3 Å². The number of methoxy groups -OCH3 is 1. The lowest BCUT2D eigenvalue weighted by Crippen LogP contribution is -2.29. The Bertz CT molecular complexity index is 897. The fraction of sp³-hybridized carbons (Fsp3) is 0.381. The zero-order valence-electron chi connectivity index (χ0n) is 17.2. The Balaban J connectivity index is 0.000000285. The molecule has 168 valence electrons. The fourth-order valence-corrected chi connectivity index (χ4v) is 2.75. The van der Waals surface area contributed by atoms with Crippen LogP contribution in [0.2, 0.25) is 0 Å². The number of aliphatic hydroxyl groups excluding tert-OH is 1. The number of carbonyl (C=O) groups is 2. The minimum atomic E-state index is -0.940. The van der Waals surface area contributed by atoms with Crippen LogP contribution in [0.4, 0.5) is 14.5 Å². The second-order valence-corrected chi connectivity index (χ2v) is 6.67. The van der Waals surface area contributed by atoms with Gasteiger partial charge in [-0.15, -0.1) is 0 Å². The van der Waals surface area contributed by atoms with E-state index in [0.29, 0.717) is 12.1 Å². The number of nitrogens with zero attached hydrogens (tertiary/aromatic N) is 1. The molecule has 31 heavy (non-hydrogen) atoms. The Labute approximate surface area is 178 Å². The smallest absolute Gasteiger partial charge is 0.270 e. The largest absolute Gasteiger partial charge is 0.494 e. The Morgan fingerprint density at radius 1 is 1.29 bits per heavy atom. The zero-order valence-corrected chi connectivity index (χ0v) is 17.2. The molecule has 2 amide bonds. The lowest BCUT2D eigenvalue weighted by atomic mass is 10.2. The molecular formula is C21H25F2N3O5. The third kappa shape index (κ3) is 7.26. The second kappa shape index (κ2) is 11.9. The summed E-state index contributed by atoms with van der Waals surface area (Å²) in [5.74, 6) is -2.51. The number of amides is 2. The Kier molecular flexibility index (Phi) is 9.29. The van der Waals surface area contributed by atoms with Gasteiger partial charge in [0.25, 0.3) is 11.8 Å². The van der Waals surface area contributed by atoms with Crippen molar-refractivity contribution in [3.05, 3.63) is 53.9 Å². The van der Waals surface area contributed by atoms with Gasteiger partial charge in [-0.05, 0) is 44.0 Å². The molecule has 1 aliphatic rings. The summed E-state index contributed by atoms with van der Waals surface area (Å²) in [7, 11) is 1.29. The minimum absolute atomic E-state index is 0.0694. The number of pyridine rings is 1. The van der Waals surface area contributed by atoms with Crippen LogP contribution in [0, 0.1) is 11.6 Å². The number of nitrogens with one attached hydrogen (secondary N) is 2. The summed E-state index contributed by atoms with van der Waals surface area (Å²) in [6.45, 7) is 1.95. The van der Waals surface area contributed by atoms with Gasteiger partial charge in [-0.1, -0.05) is 6.07 Å². The molecule has 2 atom stereocenters. The number of aromatic nitrogens is 1. The summed E-state index contributed by atoms with van der Waals surface area (Å²) >= 11 is 0. The van der Waals surface area contributed by atoms with E-state index in [-0.39, 0.29) is 36.6 Å². The molecule has 0 radical (unpaired) electrons. The molecule has 8 nitrogen and oxygen atoms in total. The van der Waals surface area contributed by atoms with Gasteiger partial charge in [-0.3, -0.25) is 14.6 Å². The van der Waals surface area contributed by atoms with Crippen LogP contribution in [0.5, 0.6) is 5.75 Å². The van der Waals surface area contributed by atoms with E-state index in [0.717, 1.165) is 12.5 Å². The molecule has 2 aromatic rings. The van der Waals surface area contributed by atoms with Crippen LogP contribution in [-0.4, -0.2) is 54.4 Å². The Morgan fingerprint density at radius 3 is 2.68 bits per heavy atom. The topological polar surface area (TPSA) is 110 Å². The molecule has 2 unspecified atom stereocenters. The maximum absolute atomic E-state index is 12.5. The lowest BCUT2D eigenvalue weighted by molar-refractivity contribution is -0.126. The first-order chi connectivity index (χ1) is 14.8. The molecule has 0 aliphatic carbocycles. The van der Waals surface area contributed by atoms with E-state index in [9.17, 15) is 18.4 Å². The molecule has 0 bridgehead atoms. The van der Waals surface area contributed by atoms with Gasteiger partial charge in [-0.2, -0.15) is 4.39 Å². The maximum Gasteiger partial charge on any atom is 0.270 e. The molecule has 1 saturated heterocycles. The van der Waals surface area contributed by atoms with E-state index in [1.54, 1.807) is 6.07 Å². The molecular weight excluding hydrogens is 412 g/mol. The number of hydrogen-bond acceptors (Lipinski definition) is 6. The van der Waals surface area contributed by atoms with Crippen molar-refractivity contribution in [2.75, 3.05) is 25.6 Å². The van der Waals surface area contributed by atoms with Crippen molar-refractivity contribution in [2.24, 2.45) is 0 Å². The lowest BCUT2D eigenvalue weighted by Gasteiger charge is -2.12. The third-order valence-corrected chi connectivity index (χ3v) is 4.32. The van der Waals surface area contributed by atoms with Crippen molar-refractivity contribution in [2.45, 2.75) is 32.0 Å². The molecule has 10 heteroatoms. The fourth-order valence-electron chi connectivity index (χ4n) is 2.75. The van der Waals surface area contributed by atoms with Gasteiger partial charge in [0.1, 0.15) is 11.8 Å². The highest BCUT2D eigenvalue weighted by Gasteiger charge is 2.28. The molecule has 2 heterocycles. The van der Waals surface area contributed by atoms with E-state index >= 15 is 0 Å². The molecule has 1 aromatic heterocycles. The van der Waals surface area contributed by atoms with Gasteiger partial charge >= 0.3 is 0 Å². The van der Waals surface area contributed by atoms with Gasteiger partial charge in [0.2, 0.25) is 5.82 Å². The van der Waals surface area contributed by atoms with Crippen LogP contribution < -0.4 is 15.4 Å². The highest BCUT2D eigenvalue weighted by atomic mass is 19.2. The second-order valence-electron chi connectivity index (χ2n) is 6.67. The first-order valence-corrected chi connectivity index (χ1v) is 9.65. The van der Waals surface area contributed by atoms with E-state index in [2.05, 4.69) is 20.4 Å². The predicted molar refractivity (Wildman–Crippen MR) is 109 cm³/mol. The molecule has 3 rings (SSSR count).